The van der Waals surface area contributed by atoms with Crippen LogP contribution in [0, 0.1) is 0 Å². The molecule has 2 aromatic heterocycles. The lowest BCUT2D eigenvalue weighted by Crippen LogP contribution is -2.40. The third-order valence-corrected chi connectivity index (χ3v) is 7.72. The Labute approximate surface area is 194 Å². The molecule has 0 radical (unpaired) electrons. The molecular formula is C22H20N4O5S2. The van der Waals surface area contributed by atoms with Crippen LogP contribution in [0.4, 0.5) is 0 Å². The number of hydrogen-bond acceptors (Lipinski definition) is 9. The second-order valence-corrected chi connectivity index (χ2v) is 10.1. The van der Waals surface area contributed by atoms with Gasteiger partial charge < -0.3 is 13.6 Å². The van der Waals surface area contributed by atoms with Crippen LogP contribution >= 0.6 is 11.8 Å². The van der Waals surface area contributed by atoms with Crippen molar-refractivity contribution in [3.63, 3.8) is 0 Å². The molecule has 1 aliphatic heterocycles. The van der Waals surface area contributed by atoms with Crippen LogP contribution in [0.5, 0.6) is 0 Å². The molecule has 2 aromatic carbocycles. The summed E-state index contributed by atoms with van der Waals surface area (Å²) in [5, 5.41) is 8.46. The highest BCUT2D eigenvalue weighted by Crippen LogP contribution is 2.29. The molecule has 3 heterocycles. The van der Waals surface area contributed by atoms with Crippen molar-refractivity contribution in [2.75, 3.05) is 26.3 Å². The molecule has 1 fully saturated rings. The van der Waals surface area contributed by atoms with Crippen molar-refractivity contribution in [1.29, 1.82) is 0 Å². The first-order chi connectivity index (χ1) is 16.1. The zero-order valence-corrected chi connectivity index (χ0v) is 19.1. The lowest BCUT2D eigenvalue weighted by molar-refractivity contribution is 0.0730. The van der Waals surface area contributed by atoms with Crippen molar-refractivity contribution >= 4 is 21.8 Å². The highest BCUT2D eigenvalue weighted by molar-refractivity contribution is 7.98. The number of hydrogen-bond donors (Lipinski definition) is 0. The first kappa shape index (κ1) is 21.8. The fraction of sp³-hybridized carbons (Fsp3) is 0.227. The maximum atomic E-state index is 12.9. The monoisotopic (exact) mass is 484 g/mol. The van der Waals surface area contributed by atoms with Crippen molar-refractivity contribution in [1.82, 2.24) is 19.5 Å². The fourth-order valence-electron chi connectivity index (χ4n) is 3.35. The first-order valence-corrected chi connectivity index (χ1v) is 12.7. The summed E-state index contributed by atoms with van der Waals surface area (Å²) in [6.07, 6.45) is 1.69. The van der Waals surface area contributed by atoms with Crippen LogP contribution in [0.1, 0.15) is 5.89 Å². The Bertz CT molecular complexity index is 1330. The maximum absolute atomic E-state index is 12.9. The van der Waals surface area contributed by atoms with Gasteiger partial charge in [0, 0.05) is 24.2 Å². The number of nitrogens with zero attached hydrogens (tertiary/aromatic N) is 4. The predicted octanol–water partition coefficient (Wildman–Crippen LogP) is 3.70. The molecule has 4 aromatic rings. The molecule has 0 amide bonds. The molecule has 0 N–H and O–H groups in total. The van der Waals surface area contributed by atoms with Gasteiger partial charge in [-0.2, -0.15) is 4.31 Å². The molecule has 0 unspecified atom stereocenters. The van der Waals surface area contributed by atoms with Crippen LogP contribution in [-0.2, 0) is 20.5 Å². The summed E-state index contributed by atoms with van der Waals surface area (Å²) in [6, 6.07) is 16.2. The van der Waals surface area contributed by atoms with Gasteiger partial charge in [0.25, 0.3) is 5.22 Å². The van der Waals surface area contributed by atoms with Gasteiger partial charge in [0.05, 0.1) is 30.1 Å². The Morgan fingerprint density at radius 2 is 1.73 bits per heavy atom. The Morgan fingerprint density at radius 3 is 2.55 bits per heavy atom. The number of sulfonamides is 1. The average Bonchev–Trinajstić information content (AvgIpc) is 3.54. The van der Waals surface area contributed by atoms with E-state index in [4.69, 9.17) is 13.6 Å². The number of aromatic nitrogens is 3. The quantitative estimate of drug-likeness (QED) is 0.362. The molecule has 1 aliphatic rings. The van der Waals surface area contributed by atoms with E-state index >= 15 is 0 Å². The molecule has 0 aliphatic carbocycles. The largest absolute Gasteiger partial charge is 0.440 e. The first-order valence-electron chi connectivity index (χ1n) is 10.2. The Morgan fingerprint density at radius 1 is 0.939 bits per heavy atom. The zero-order valence-electron chi connectivity index (χ0n) is 17.5. The molecule has 33 heavy (non-hydrogen) atoms. The van der Waals surface area contributed by atoms with E-state index in [2.05, 4.69) is 15.2 Å². The van der Waals surface area contributed by atoms with Gasteiger partial charge in [0.1, 0.15) is 0 Å². The smallest absolute Gasteiger partial charge is 0.277 e. The van der Waals surface area contributed by atoms with Crippen LogP contribution in [0.3, 0.4) is 0 Å². The van der Waals surface area contributed by atoms with Crippen molar-refractivity contribution in [2.45, 2.75) is 15.9 Å². The van der Waals surface area contributed by atoms with Crippen LogP contribution < -0.4 is 0 Å². The number of oxazole rings is 1. The average molecular weight is 485 g/mol. The van der Waals surface area contributed by atoms with E-state index in [0.717, 1.165) is 5.56 Å². The highest BCUT2D eigenvalue weighted by Gasteiger charge is 2.27. The van der Waals surface area contributed by atoms with E-state index in [1.165, 1.54) is 16.1 Å². The van der Waals surface area contributed by atoms with Gasteiger partial charge >= 0.3 is 0 Å². The Hall–Kier alpha value is -2.99. The lowest BCUT2D eigenvalue weighted by atomic mass is 10.2. The van der Waals surface area contributed by atoms with Crippen molar-refractivity contribution in [3.8, 4) is 22.8 Å². The van der Waals surface area contributed by atoms with Gasteiger partial charge in [0.15, 0.2) is 5.76 Å². The summed E-state index contributed by atoms with van der Waals surface area (Å²) >= 11 is 1.29. The van der Waals surface area contributed by atoms with Crippen molar-refractivity contribution in [2.24, 2.45) is 0 Å². The van der Waals surface area contributed by atoms with Crippen LogP contribution in [0.25, 0.3) is 22.8 Å². The molecule has 0 bridgehead atoms. The van der Waals surface area contributed by atoms with Crippen LogP contribution in [0.2, 0.25) is 0 Å². The number of morpholine rings is 1. The van der Waals surface area contributed by atoms with Crippen molar-refractivity contribution in [3.05, 3.63) is 66.7 Å². The predicted molar refractivity (Wildman–Crippen MR) is 121 cm³/mol. The van der Waals surface area contributed by atoms with Gasteiger partial charge in [-0.25, -0.2) is 13.4 Å². The highest BCUT2D eigenvalue weighted by atomic mass is 32.2. The Kier molecular flexibility index (Phi) is 6.27. The normalized spacial score (nSPS) is 15.0. The summed E-state index contributed by atoms with van der Waals surface area (Å²) in [7, 11) is -3.62. The van der Waals surface area contributed by atoms with Gasteiger partial charge in [-0.1, -0.05) is 48.2 Å². The third-order valence-electron chi connectivity index (χ3n) is 5.03. The van der Waals surface area contributed by atoms with Crippen LogP contribution in [0.15, 0.2) is 79.7 Å². The third kappa shape index (κ3) is 4.86. The minimum atomic E-state index is -3.62. The molecule has 0 saturated carbocycles. The van der Waals surface area contributed by atoms with E-state index in [1.807, 2.05) is 30.3 Å². The van der Waals surface area contributed by atoms with E-state index in [1.54, 1.807) is 30.5 Å². The maximum Gasteiger partial charge on any atom is 0.277 e. The lowest BCUT2D eigenvalue weighted by Gasteiger charge is -2.26. The zero-order chi connectivity index (χ0) is 22.7. The summed E-state index contributed by atoms with van der Waals surface area (Å²) in [5.74, 6) is 1.89. The second kappa shape index (κ2) is 9.48. The fourth-order valence-corrected chi connectivity index (χ4v) is 5.42. The molecule has 170 valence electrons. The number of thioether (sulfide) groups is 1. The van der Waals surface area contributed by atoms with Gasteiger partial charge in [0.2, 0.25) is 21.8 Å². The molecule has 0 spiro atoms. The summed E-state index contributed by atoms with van der Waals surface area (Å²) in [5.41, 5.74) is 1.49. The molecule has 1 saturated heterocycles. The molecule has 11 heteroatoms. The summed E-state index contributed by atoms with van der Waals surface area (Å²) in [6.45, 7) is 1.45. The van der Waals surface area contributed by atoms with Gasteiger partial charge in [-0.15, -0.1) is 10.2 Å². The second-order valence-electron chi connectivity index (χ2n) is 7.19. The SMILES string of the molecule is O=S(=O)(c1cccc(-c2nnc(SCc3ncc(-c4ccccc4)o3)o2)c1)N1CCOCC1. The van der Waals surface area contributed by atoms with E-state index in [0.29, 0.717) is 54.5 Å². The van der Waals surface area contributed by atoms with Gasteiger partial charge in [-0.05, 0) is 18.2 Å². The van der Waals surface area contributed by atoms with E-state index < -0.39 is 10.0 Å². The molecule has 0 atom stereocenters. The van der Waals surface area contributed by atoms with Gasteiger partial charge in [-0.3, -0.25) is 0 Å². The van der Waals surface area contributed by atoms with E-state index in [-0.39, 0.29) is 10.8 Å². The molecular weight excluding hydrogens is 464 g/mol. The number of rotatable bonds is 7. The number of ether oxygens (including phenoxy) is 1. The van der Waals surface area contributed by atoms with E-state index in [9.17, 15) is 8.42 Å². The minimum absolute atomic E-state index is 0.183. The Balaban J connectivity index is 1.27. The van der Waals surface area contributed by atoms with Crippen LogP contribution in [-0.4, -0.2) is 54.2 Å². The summed E-state index contributed by atoms with van der Waals surface area (Å²) in [4.78, 5) is 4.48. The molecule has 9 nitrogen and oxygen atoms in total. The standard InChI is InChI=1S/C22H20N4O5S2/c27-33(28,26-9-11-29-12-10-26)18-8-4-7-17(13-18)21-24-25-22(31-21)32-15-20-23-14-19(30-20)16-5-2-1-3-6-16/h1-8,13-14H,9-12,15H2. The topological polar surface area (TPSA) is 112 Å². The summed E-state index contributed by atoms with van der Waals surface area (Å²) < 4.78 is 44.0. The molecule has 5 rings (SSSR count). The minimum Gasteiger partial charge on any atom is -0.440 e. The van der Waals surface area contributed by atoms with Crippen molar-refractivity contribution < 1.29 is 22.0 Å². The number of benzene rings is 2.